The van der Waals surface area contributed by atoms with Gasteiger partial charge < -0.3 is 4.90 Å². The van der Waals surface area contributed by atoms with Crippen molar-refractivity contribution in [3.63, 3.8) is 0 Å². The van der Waals surface area contributed by atoms with E-state index >= 15 is 0 Å². The van der Waals surface area contributed by atoms with Gasteiger partial charge in [0.05, 0.1) is 0 Å². The Hall–Kier alpha value is -8.30. The van der Waals surface area contributed by atoms with Crippen LogP contribution < -0.4 is 4.90 Å². The summed E-state index contributed by atoms with van der Waals surface area (Å²) in [5.41, 5.74) is 17.7. The van der Waals surface area contributed by atoms with Crippen molar-refractivity contribution in [2.45, 2.75) is 0 Å². The number of anilines is 3. The van der Waals surface area contributed by atoms with E-state index in [1.807, 2.05) is 11.3 Å². The van der Waals surface area contributed by atoms with E-state index in [9.17, 15) is 0 Å². The first-order chi connectivity index (χ1) is 32.7. The average molecular weight is 858 g/mol. The molecule has 0 N–H and O–H groups in total. The Morgan fingerprint density at radius 3 is 1.27 bits per heavy atom. The maximum Gasteiger partial charge on any atom is 0.0462 e. The van der Waals surface area contributed by atoms with Crippen LogP contribution in [0.2, 0.25) is 0 Å². The summed E-state index contributed by atoms with van der Waals surface area (Å²) < 4.78 is 2.64. The van der Waals surface area contributed by atoms with Gasteiger partial charge in [0.25, 0.3) is 0 Å². The first-order valence-corrected chi connectivity index (χ1v) is 23.4. The van der Waals surface area contributed by atoms with Crippen molar-refractivity contribution in [2.24, 2.45) is 0 Å². The van der Waals surface area contributed by atoms with Crippen molar-refractivity contribution >= 4 is 59.3 Å². The zero-order chi connectivity index (χ0) is 43.8. The molecule has 0 spiro atoms. The second-order valence-corrected chi connectivity index (χ2v) is 18.0. The van der Waals surface area contributed by atoms with E-state index < -0.39 is 0 Å². The molecule has 0 amide bonds. The summed E-state index contributed by atoms with van der Waals surface area (Å²) in [6.07, 6.45) is 0. The van der Waals surface area contributed by atoms with Gasteiger partial charge in [-0.2, -0.15) is 0 Å². The van der Waals surface area contributed by atoms with E-state index in [1.165, 1.54) is 97.7 Å². The quantitative estimate of drug-likeness (QED) is 0.140. The van der Waals surface area contributed by atoms with Crippen molar-refractivity contribution in [2.75, 3.05) is 4.90 Å². The van der Waals surface area contributed by atoms with Gasteiger partial charge in [-0.3, -0.25) is 0 Å². The van der Waals surface area contributed by atoms with Gasteiger partial charge in [0.2, 0.25) is 0 Å². The Kier molecular flexibility index (Phi) is 10.1. The summed E-state index contributed by atoms with van der Waals surface area (Å²) >= 11 is 1.87. The molecule has 0 aliphatic carbocycles. The van der Waals surface area contributed by atoms with Crippen LogP contribution in [0.15, 0.2) is 261 Å². The summed E-state index contributed by atoms with van der Waals surface area (Å²) in [6.45, 7) is 0. The molecular formula is C64H43NS. The predicted molar refractivity (Wildman–Crippen MR) is 284 cm³/mol. The highest BCUT2D eigenvalue weighted by atomic mass is 32.1. The van der Waals surface area contributed by atoms with Crippen LogP contribution in [0.25, 0.3) is 97.7 Å². The van der Waals surface area contributed by atoms with Gasteiger partial charge in [-0.05, 0) is 150 Å². The van der Waals surface area contributed by atoms with Crippen LogP contribution in [-0.2, 0) is 0 Å². The molecule has 0 aliphatic rings. The Morgan fingerprint density at radius 1 is 0.242 bits per heavy atom. The molecule has 310 valence electrons. The van der Waals surface area contributed by atoms with Gasteiger partial charge in [-0.1, -0.05) is 188 Å². The summed E-state index contributed by atoms with van der Waals surface area (Å²) in [5.74, 6) is 0. The summed E-state index contributed by atoms with van der Waals surface area (Å²) in [7, 11) is 0. The van der Waals surface area contributed by atoms with Crippen LogP contribution >= 0.6 is 11.3 Å². The number of thiophene rings is 1. The molecule has 0 atom stereocenters. The van der Waals surface area contributed by atoms with E-state index in [0.29, 0.717) is 0 Å². The Labute approximate surface area is 389 Å². The SMILES string of the molecule is c1ccc(-c2cc(-c3ccccc3)cc(-c3ccc(N(c4ccc(-c5cccc(-c6ccc7ccccc7c6)c5)cc4)c4ccc(-c5cccc6c5sc5ccccc56)cc4)cc3)c2)cc1. The number of benzene rings is 11. The topological polar surface area (TPSA) is 3.24 Å². The molecule has 0 fully saturated rings. The first kappa shape index (κ1) is 39.3. The minimum atomic E-state index is 1.09. The Morgan fingerprint density at radius 2 is 0.652 bits per heavy atom. The van der Waals surface area contributed by atoms with Crippen LogP contribution in [0.3, 0.4) is 0 Å². The average Bonchev–Trinajstić information content (AvgIpc) is 3.79. The van der Waals surface area contributed by atoms with E-state index in [2.05, 4.69) is 266 Å². The molecule has 1 heterocycles. The second-order valence-electron chi connectivity index (χ2n) is 16.9. The van der Waals surface area contributed by atoms with Crippen LogP contribution in [0.5, 0.6) is 0 Å². The van der Waals surface area contributed by atoms with Gasteiger partial charge in [0, 0.05) is 37.2 Å². The minimum Gasteiger partial charge on any atom is -0.311 e. The third kappa shape index (κ3) is 7.54. The largest absolute Gasteiger partial charge is 0.311 e. The minimum absolute atomic E-state index is 1.09. The van der Waals surface area contributed by atoms with E-state index in [4.69, 9.17) is 0 Å². The smallest absolute Gasteiger partial charge is 0.0462 e. The molecule has 0 bridgehead atoms. The molecule has 11 aromatic carbocycles. The molecule has 0 aliphatic heterocycles. The van der Waals surface area contributed by atoms with Crippen molar-refractivity contribution in [1.29, 1.82) is 0 Å². The Bertz CT molecular complexity index is 3610. The normalized spacial score (nSPS) is 11.3. The third-order valence-corrected chi connectivity index (χ3v) is 14.1. The van der Waals surface area contributed by atoms with Crippen LogP contribution in [0.1, 0.15) is 0 Å². The van der Waals surface area contributed by atoms with E-state index in [0.717, 1.165) is 17.1 Å². The van der Waals surface area contributed by atoms with Crippen molar-refractivity contribution in [3.05, 3.63) is 261 Å². The van der Waals surface area contributed by atoms with Crippen LogP contribution in [-0.4, -0.2) is 0 Å². The summed E-state index contributed by atoms with van der Waals surface area (Å²) in [6, 6.07) is 95.1. The number of nitrogens with zero attached hydrogens (tertiary/aromatic N) is 1. The zero-order valence-electron chi connectivity index (χ0n) is 36.2. The molecule has 12 aromatic rings. The second kappa shape index (κ2) is 17.0. The van der Waals surface area contributed by atoms with Gasteiger partial charge >= 0.3 is 0 Å². The molecule has 12 rings (SSSR count). The number of hydrogen-bond acceptors (Lipinski definition) is 2. The maximum absolute atomic E-state index is 2.37. The van der Waals surface area contributed by atoms with Crippen molar-refractivity contribution in [1.82, 2.24) is 0 Å². The number of hydrogen-bond donors (Lipinski definition) is 0. The first-order valence-electron chi connectivity index (χ1n) is 22.6. The van der Waals surface area contributed by atoms with E-state index in [1.54, 1.807) is 0 Å². The standard InChI is InChI=1S/C64H43NS/c1-3-13-44(14-4-1)54-41-55(45-15-5-2-6-16-45)43-56(42-54)48-29-35-58(36-30-48)65(59-37-31-49(32-38-59)60-22-12-23-62-61-21-9-10-24-63(61)66-64(60)62)57-33-27-47(28-34-57)51-19-11-20-52(39-51)53-26-25-46-17-7-8-18-50(46)40-53/h1-43H. The van der Waals surface area contributed by atoms with Crippen LogP contribution in [0.4, 0.5) is 17.1 Å². The molecule has 2 heteroatoms. The highest BCUT2D eigenvalue weighted by Crippen LogP contribution is 2.43. The molecule has 0 saturated heterocycles. The number of rotatable bonds is 9. The van der Waals surface area contributed by atoms with Crippen molar-refractivity contribution < 1.29 is 0 Å². The lowest BCUT2D eigenvalue weighted by molar-refractivity contribution is 1.28. The molecule has 66 heavy (non-hydrogen) atoms. The summed E-state index contributed by atoms with van der Waals surface area (Å²) in [5, 5.41) is 5.13. The Balaban J connectivity index is 0.923. The van der Waals surface area contributed by atoms with Gasteiger partial charge in [0.15, 0.2) is 0 Å². The highest BCUT2D eigenvalue weighted by Gasteiger charge is 2.16. The van der Waals surface area contributed by atoms with E-state index in [-0.39, 0.29) is 0 Å². The summed E-state index contributed by atoms with van der Waals surface area (Å²) in [4.78, 5) is 2.37. The number of fused-ring (bicyclic) bond motifs is 4. The monoisotopic (exact) mass is 857 g/mol. The fourth-order valence-electron chi connectivity index (χ4n) is 9.45. The maximum atomic E-state index is 2.37. The highest BCUT2D eigenvalue weighted by molar-refractivity contribution is 7.26. The molecule has 0 unspecified atom stereocenters. The molecule has 0 radical (unpaired) electrons. The van der Waals surface area contributed by atoms with Crippen LogP contribution in [0, 0.1) is 0 Å². The fourth-order valence-corrected chi connectivity index (χ4v) is 10.7. The molecule has 1 nitrogen and oxygen atoms in total. The molecular weight excluding hydrogens is 815 g/mol. The zero-order valence-corrected chi connectivity index (χ0v) is 37.0. The van der Waals surface area contributed by atoms with Crippen molar-refractivity contribution in [3.8, 4) is 66.8 Å². The predicted octanol–water partition coefficient (Wildman–Crippen LogP) is 18.7. The third-order valence-electron chi connectivity index (χ3n) is 12.9. The lowest BCUT2D eigenvalue weighted by atomic mass is 9.93. The lowest BCUT2D eigenvalue weighted by Gasteiger charge is -2.26. The van der Waals surface area contributed by atoms with Gasteiger partial charge in [-0.25, -0.2) is 0 Å². The van der Waals surface area contributed by atoms with Gasteiger partial charge in [0.1, 0.15) is 0 Å². The van der Waals surface area contributed by atoms with Gasteiger partial charge in [-0.15, -0.1) is 11.3 Å². The molecule has 0 saturated carbocycles. The fraction of sp³-hybridized carbons (Fsp3) is 0. The lowest BCUT2D eigenvalue weighted by Crippen LogP contribution is -2.09. The molecule has 1 aromatic heterocycles.